The number of ether oxygens (including phenoxy) is 1. The summed E-state index contributed by atoms with van der Waals surface area (Å²) in [5.41, 5.74) is 2.78. The first-order chi connectivity index (χ1) is 12.5. The number of benzene rings is 1. The van der Waals surface area contributed by atoms with Crippen LogP contribution in [0.15, 0.2) is 42.5 Å². The van der Waals surface area contributed by atoms with Gasteiger partial charge in [-0.15, -0.1) is 0 Å². The van der Waals surface area contributed by atoms with E-state index in [-0.39, 0.29) is 24.4 Å². The Morgan fingerprint density at radius 1 is 1.23 bits per heavy atom. The van der Waals surface area contributed by atoms with Crippen LogP contribution in [0.5, 0.6) is 0 Å². The van der Waals surface area contributed by atoms with Gasteiger partial charge in [-0.2, -0.15) is 5.10 Å². The third-order valence-corrected chi connectivity index (χ3v) is 4.33. The van der Waals surface area contributed by atoms with E-state index < -0.39 is 0 Å². The number of hydrogen-bond donors (Lipinski definition) is 1. The molecular formula is C20H23N3O3. The molecule has 26 heavy (non-hydrogen) atoms. The molecule has 1 aromatic carbocycles. The van der Waals surface area contributed by atoms with Gasteiger partial charge < -0.3 is 10.1 Å². The number of nitrogens with zero attached hydrogens (tertiary/aromatic N) is 2. The molecule has 1 N–H and O–H groups in total. The zero-order valence-electron chi connectivity index (χ0n) is 15.1. The Morgan fingerprint density at radius 3 is 2.69 bits per heavy atom. The van der Waals surface area contributed by atoms with Gasteiger partial charge in [0.1, 0.15) is 5.82 Å². The van der Waals surface area contributed by atoms with E-state index in [0.29, 0.717) is 12.2 Å². The number of nitrogens with one attached hydrogen (secondary N) is 1. The van der Waals surface area contributed by atoms with Gasteiger partial charge >= 0.3 is 5.97 Å². The number of rotatable bonds is 5. The summed E-state index contributed by atoms with van der Waals surface area (Å²) >= 11 is 0. The number of aromatic nitrogens is 2. The van der Waals surface area contributed by atoms with Crippen LogP contribution in [-0.2, 0) is 14.3 Å². The Balaban J connectivity index is 1.61. The number of allylic oxidation sites excluding steroid dienone is 2. The summed E-state index contributed by atoms with van der Waals surface area (Å²) in [4.78, 5) is 24.2. The number of hydrogen-bond acceptors (Lipinski definition) is 4. The van der Waals surface area contributed by atoms with Crippen LogP contribution in [0.1, 0.15) is 30.5 Å². The molecule has 3 rings (SSSR count). The molecule has 0 bridgehead atoms. The quantitative estimate of drug-likeness (QED) is 0.661. The van der Waals surface area contributed by atoms with Crippen molar-refractivity contribution in [2.75, 3.05) is 11.9 Å². The maximum atomic E-state index is 12.2. The summed E-state index contributed by atoms with van der Waals surface area (Å²) in [6.07, 6.45) is 6.38. The second kappa shape index (κ2) is 7.99. The molecule has 1 amide bonds. The highest BCUT2D eigenvalue weighted by molar-refractivity contribution is 5.92. The third-order valence-electron chi connectivity index (χ3n) is 4.33. The minimum Gasteiger partial charge on any atom is -0.455 e. The molecule has 0 saturated carbocycles. The molecule has 1 atom stereocenters. The van der Waals surface area contributed by atoms with E-state index >= 15 is 0 Å². The fourth-order valence-corrected chi connectivity index (χ4v) is 2.91. The van der Waals surface area contributed by atoms with Crippen molar-refractivity contribution in [3.63, 3.8) is 0 Å². The summed E-state index contributed by atoms with van der Waals surface area (Å²) in [6.45, 7) is 3.57. The second-order valence-electron chi connectivity index (χ2n) is 6.56. The minimum absolute atomic E-state index is 0.145. The lowest BCUT2D eigenvalue weighted by Crippen LogP contribution is -2.26. The van der Waals surface area contributed by atoms with E-state index in [2.05, 4.69) is 16.5 Å². The lowest BCUT2D eigenvalue weighted by atomic mass is 9.95. The van der Waals surface area contributed by atoms with Gasteiger partial charge in [0.25, 0.3) is 5.91 Å². The molecular weight excluding hydrogens is 330 g/mol. The summed E-state index contributed by atoms with van der Waals surface area (Å²) in [7, 11) is 0. The smallest absolute Gasteiger partial charge is 0.309 e. The Bertz CT molecular complexity index is 821. The molecule has 0 spiro atoms. The normalized spacial score (nSPS) is 16.3. The van der Waals surface area contributed by atoms with Crippen LogP contribution in [0.3, 0.4) is 0 Å². The van der Waals surface area contributed by atoms with Gasteiger partial charge in [0, 0.05) is 6.07 Å². The topological polar surface area (TPSA) is 73.2 Å². The number of aryl methyl sites for hydroxylation is 2. The number of carbonyl (C=O) groups excluding carboxylic acids is 2. The molecule has 6 heteroatoms. The van der Waals surface area contributed by atoms with Crippen LogP contribution < -0.4 is 5.32 Å². The van der Waals surface area contributed by atoms with Gasteiger partial charge in [-0.25, -0.2) is 4.68 Å². The predicted octanol–water partition coefficient (Wildman–Crippen LogP) is 3.33. The van der Waals surface area contributed by atoms with Gasteiger partial charge in [0.2, 0.25) is 0 Å². The lowest BCUT2D eigenvalue weighted by molar-refractivity contribution is -0.151. The van der Waals surface area contributed by atoms with Crippen LogP contribution in [0.25, 0.3) is 5.69 Å². The molecule has 0 aliphatic heterocycles. The summed E-state index contributed by atoms with van der Waals surface area (Å²) in [5, 5.41) is 7.19. The summed E-state index contributed by atoms with van der Waals surface area (Å²) in [6, 6.07) is 9.63. The molecule has 1 heterocycles. The molecule has 2 aromatic rings. The summed E-state index contributed by atoms with van der Waals surface area (Å²) in [5.74, 6) is -0.285. The van der Waals surface area contributed by atoms with Crippen molar-refractivity contribution < 1.29 is 14.3 Å². The van der Waals surface area contributed by atoms with E-state index in [1.54, 1.807) is 10.7 Å². The van der Waals surface area contributed by atoms with Crippen LogP contribution in [0.2, 0.25) is 0 Å². The van der Waals surface area contributed by atoms with Gasteiger partial charge in [-0.3, -0.25) is 9.59 Å². The zero-order valence-corrected chi connectivity index (χ0v) is 15.1. The molecule has 1 unspecified atom stereocenters. The van der Waals surface area contributed by atoms with Gasteiger partial charge in [0.15, 0.2) is 6.61 Å². The van der Waals surface area contributed by atoms with Crippen molar-refractivity contribution in [2.45, 2.75) is 33.1 Å². The molecule has 1 aliphatic carbocycles. The molecule has 0 fully saturated rings. The Morgan fingerprint density at radius 2 is 2.00 bits per heavy atom. The second-order valence-corrected chi connectivity index (χ2v) is 6.56. The van der Waals surface area contributed by atoms with E-state index in [1.807, 2.05) is 44.2 Å². The maximum absolute atomic E-state index is 12.2. The summed E-state index contributed by atoms with van der Waals surface area (Å²) < 4.78 is 6.84. The number of esters is 1. The van der Waals surface area contributed by atoms with Crippen LogP contribution >= 0.6 is 0 Å². The largest absolute Gasteiger partial charge is 0.455 e. The van der Waals surface area contributed by atoms with Crippen molar-refractivity contribution in [3.8, 4) is 5.69 Å². The van der Waals surface area contributed by atoms with Crippen LogP contribution in [0, 0.1) is 19.8 Å². The fourth-order valence-electron chi connectivity index (χ4n) is 2.91. The maximum Gasteiger partial charge on any atom is 0.309 e. The molecule has 1 aromatic heterocycles. The van der Waals surface area contributed by atoms with E-state index in [9.17, 15) is 9.59 Å². The van der Waals surface area contributed by atoms with Crippen molar-refractivity contribution in [1.29, 1.82) is 0 Å². The molecule has 0 saturated heterocycles. The van der Waals surface area contributed by atoms with Gasteiger partial charge in [-0.05, 0) is 45.2 Å². The molecule has 6 nitrogen and oxygen atoms in total. The van der Waals surface area contributed by atoms with Crippen molar-refractivity contribution in [3.05, 3.63) is 53.7 Å². The van der Waals surface area contributed by atoms with Crippen LogP contribution in [-0.4, -0.2) is 28.3 Å². The van der Waals surface area contributed by atoms with Crippen molar-refractivity contribution in [1.82, 2.24) is 9.78 Å². The molecule has 0 radical (unpaired) electrons. The highest BCUT2D eigenvalue weighted by atomic mass is 16.5. The van der Waals surface area contributed by atoms with E-state index in [1.165, 1.54) is 0 Å². The third kappa shape index (κ3) is 4.39. The minimum atomic E-state index is -0.377. The molecule has 136 valence electrons. The highest BCUT2D eigenvalue weighted by Crippen LogP contribution is 2.20. The van der Waals surface area contributed by atoms with E-state index in [4.69, 9.17) is 4.74 Å². The zero-order chi connectivity index (χ0) is 18.5. The monoisotopic (exact) mass is 353 g/mol. The van der Waals surface area contributed by atoms with Gasteiger partial charge in [-0.1, -0.05) is 29.8 Å². The van der Waals surface area contributed by atoms with Crippen LogP contribution in [0.4, 0.5) is 5.82 Å². The molecule has 1 aliphatic rings. The average molecular weight is 353 g/mol. The SMILES string of the molecule is Cc1ccc(-n2nc(C)cc2NC(=O)COC(=O)C2CC=CCC2)cc1. The number of carbonyl (C=O) groups is 2. The Hall–Kier alpha value is -2.89. The van der Waals surface area contributed by atoms with Crippen molar-refractivity contribution >= 4 is 17.7 Å². The number of amides is 1. The Kier molecular flexibility index (Phi) is 5.51. The first kappa shape index (κ1) is 17.9. The first-order valence-electron chi connectivity index (χ1n) is 8.78. The standard InChI is InChI=1S/C20H23N3O3/c1-14-8-10-17(11-9-14)23-18(12-15(2)22-23)21-19(24)13-26-20(25)16-6-4-3-5-7-16/h3-4,8-12,16H,5-7,13H2,1-2H3,(H,21,24). The first-order valence-corrected chi connectivity index (χ1v) is 8.78. The number of anilines is 1. The lowest BCUT2D eigenvalue weighted by Gasteiger charge is -2.16. The predicted molar refractivity (Wildman–Crippen MR) is 99.1 cm³/mol. The highest BCUT2D eigenvalue weighted by Gasteiger charge is 2.21. The average Bonchev–Trinajstić information content (AvgIpc) is 3.01. The van der Waals surface area contributed by atoms with Crippen molar-refractivity contribution in [2.24, 2.45) is 5.92 Å². The fraction of sp³-hybridized carbons (Fsp3) is 0.350. The Labute approximate surface area is 152 Å². The van der Waals surface area contributed by atoms with Gasteiger partial charge in [0.05, 0.1) is 17.3 Å². The van der Waals surface area contributed by atoms with E-state index in [0.717, 1.165) is 29.8 Å².